The monoisotopic (exact) mass is 406 g/mol. The van der Waals surface area contributed by atoms with E-state index in [9.17, 15) is 19.5 Å². The summed E-state index contributed by atoms with van der Waals surface area (Å²) in [5.41, 5.74) is -0.609. The van der Waals surface area contributed by atoms with E-state index in [4.69, 9.17) is 0 Å². The number of hydrogen-bond donors (Lipinski definition) is 2. The molecule has 0 bridgehead atoms. The van der Waals surface area contributed by atoms with Gasteiger partial charge in [0.05, 0.1) is 11.8 Å². The van der Waals surface area contributed by atoms with Crippen LogP contribution in [0.25, 0.3) is 10.8 Å². The van der Waals surface area contributed by atoms with Crippen LogP contribution in [-0.2, 0) is 14.4 Å². The Balaban J connectivity index is 1.62. The lowest BCUT2D eigenvalue weighted by Crippen LogP contribution is -2.54. The third-order valence-electron chi connectivity index (χ3n) is 7.36. The number of aliphatic carboxylic acids is 1. The lowest BCUT2D eigenvalue weighted by molar-refractivity contribution is -0.151. The molecule has 3 aliphatic rings. The number of carboxylic acids is 1. The molecule has 6 heteroatoms. The van der Waals surface area contributed by atoms with Crippen molar-refractivity contribution in [2.24, 2.45) is 11.8 Å². The summed E-state index contributed by atoms with van der Waals surface area (Å²) < 4.78 is 0. The number of fused-ring (bicyclic) bond motifs is 2. The summed E-state index contributed by atoms with van der Waals surface area (Å²) in [6.07, 6.45) is 4.74. The second-order valence-corrected chi connectivity index (χ2v) is 9.04. The maximum absolute atomic E-state index is 13.6. The highest BCUT2D eigenvalue weighted by molar-refractivity contribution is 6.10. The maximum atomic E-state index is 13.6. The fourth-order valence-electron chi connectivity index (χ4n) is 5.85. The zero-order chi connectivity index (χ0) is 21.0. The van der Waals surface area contributed by atoms with Gasteiger partial charge in [-0.2, -0.15) is 0 Å². The number of benzene rings is 2. The molecule has 2 aromatic carbocycles. The van der Waals surface area contributed by atoms with Gasteiger partial charge in [0.2, 0.25) is 11.8 Å². The number of nitrogens with one attached hydrogen (secondary N) is 1. The van der Waals surface area contributed by atoms with Gasteiger partial charge in [-0.25, -0.2) is 0 Å². The predicted molar refractivity (Wildman–Crippen MR) is 112 cm³/mol. The molecule has 2 aliphatic heterocycles. The molecule has 3 fully saturated rings. The summed E-state index contributed by atoms with van der Waals surface area (Å²) >= 11 is 0. The number of imide groups is 1. The van der Waals surface area contributed by atoms with E-state index in [0.29, 0.717) is 0 Å². The lowest BCUT2D eigenvalue weighted by Gasteiger charge is -2.33. The molecule has 5 rings (SSSR count). The summed E-state index contributed by atoms with van der Waals surface area (Å²) in [6.45, 7) is 1.55. The number of hydrogen-bond acceptors (Lipinski definition) is 4. The molecule has 2 saturated heterocycles. The van der Waals surface area contributed by atoms with Crippen molar-refractivity contribution in [2.75, 3.05) is 0 Å². The third kappa shape index (κ3) is 2.63. The van der Waals surface area contributed by atoms with E-state index in [-0.39, 0.29) is 17.9 Å². The van der Waals surface area contributed by atoms with Gasteiger partial charge in [-0.15, -0.1) is 0 Å². The van der Waals surface area contributed by atoms with Crippen LogP contribution in [0.15, 0.2) is 42.5 Å². The van der Waals surface area contributed by atoms with Crippen molar-refractivity contribution in [1.82, 2.24) is 10.2 Å². The quantitative estimate of drug-likeness (QED) is 0.764. The van der Waals surface area contributed by atoms with Gasteiger partial charge in [0.25, 0.3) is 0 Å². The van der Waals surface area contributed by atoms with E-state index < -0.39 is 29.4 Å². The van der Waals surface area contributed by atoms with Crippen molar-refractivity contribution in [3.05, 3.63) is 48.0 Å². The average Bonchev–Trinajstić information content (AvgIpc) is 3.22. The molecule has 2 amide bonds. The number of carboxylic acid groups (broad SMARTS) is 1. The first-order valence-electron chi connectivity index (χ1n) is 10.8. The number of likely N-dealkylation sites (tertiary alicyclic amines) is 1. The predicted octanol–water partition coefficient (Wildman–Crippen LogP) is 3.26. The Kier molecular flexibility index (Phi) is 4.43. The Bertz CT molecular complexity index is 1040. The molecule has 4 atom stereocenters. The molecule has 2 N–H and O–H groups in total. The van der Waals surface area contributed by atoms with Crippen LogP contribution in [0.4, 0.5) is 0 Å². The van der Waals surface area contributed by atoms with Crippen molar-refractivity contribution in [2.45, 2.75) is 56.7 Å². The van der Waals surface area contributed by atoms with E-state index in [1.54, 1.807) is 6.92 Å². The molecular formula is C24H26N2O4. The summed E-state index contributed by atoms with van der Waals surface area (Å²) in [7, 11) is 0. The van der Waals surface area contributed by atoms with E-state index in [2.05, 4.69) is 5.32 Å². The molecule has 0 radical (unpaired) electrons. The van der Waals surface area contributed by atoms with Gasteiger partial charge >= 0.3 is 5.97 Å². The number of amides is 2. The van der Waals surface area contributed by atoms with E-state index >= 15 is 0 Å². The van der Waals surface area contributed by atoms with Crippen LogP contribution in [-0.4, -0.2) is 39.4 Å². The van der Waals surface area contributed by atoms with E-state index in [0.717, 1.165) is 48.4 Å². The van der Waals surface area contributed by atoms with Gasteiger partial charge in [0, 0.05) is 12.1 Å². The molecule has 2 aromatic rings. The first-order valence-corrected chi connectivity index (χ1v) is 10.8. The lowest BCUT2D eigenvalue weighted by atomic mass is 9.80. The van der Waals surface area contributed by atoms with Gasteiger partial charge in [-0.3, -0.25) is 24.6 Å². The van der Waals surface area contributed by atoms with E-state index in [1.807, 2.05) is 42.5 Å². The SMILES string of the molecule is CC1(C(=O)O)NC(c2cccc3ccccc23)C2C(=O)N(C3CCCCC3)C(=O)C21. The smallest absolute Gasteiger partial charge is 0.324 e. The zero-order valence-electron chi connectivity index (χ0n) is 17.0. The van der Waals surface area contributed by atoms with Crippen molar-refractivity contribution in [1.29, 1.82) is 0 Å². The van der Waals surface area contributed by atoms with Gasteiger partial charge in [0.15, 0.2) is 0 Å². The molecule has 1 saturated carbocycles. The van der Waals surface area contributed by atoms with E-state index in [1.165, 1.54) is 4.90 Å². The van der Waals surface area contributed by atoms with Crippen LogP contribution in [0.2, 0.25) is 0 Å². The molecular weight excluding hydrogens is 380 g/mol. The zero-order valence-corrected chi connectivity index (χ0v) is 17.0. The Morgan fingerprint density at radius 3 is 2.47 bits per heavy atom. The summed E-state index contributed by atoms with van der Waals surface area (Å²) in [5.74, 6) is -3.23. The molecule has 0 aromatic heterocycles. The molecule has 1 aliphatic carbocycles. The minimum Gasteiger partial charge on any atom is -0.480 e. The summed E-state index contributed by atoms with van der Waals surface area (Å²) in [4.78, 5) is 40.8. The number of rotatable bonds is 3. The number of carbonyl (C=O) groups is 3. The van der Waals surface area contributed by atoms with Crippen molar-refractivity contribution < 1.29 is 19.5 Å². The number of carbonyl (C=O) groups excluding carboxylic acids is 2. The highest BCUT2D eigenvalue weighted by Gasteiger charge is 2.67. The number of nitrogens with zero attached hydrogens (tertiary/aromatic N) is 1. The minimum absolute atomic E-state index is 0.101. The minimum atomic E-state index is -1.48. The highest BCUT2D eigenvalue weighted by Crippen LogP contribution is 2.50. The Hall–Kier alpha value is -2.73. The first kappa shape index (κ1) is 19.2. The largest absolute Gasteiger partial charge is 0.480 e. The average molecular weight is 406 g/mol. The fourth-order valence-corrected chi connectivity index (χ4v) is 5.85. The van der Waals surface area contributed by atoms with Gasteiger partial charge in [0.1, 0.15) is 5.54 Å². The van der Waals surface area contributed by atoms with Crippen LogP contribution in [0.3, 0.4) is 0 Å². The molecule has 2 heterocycles. The van der Waals surface area contributed by atoms with Gasteiger partial charge < -0.3 is 5.11 Å². The summed E-state index contributed by atoms with van der Waals surface area (Å²) in [6, 6.07) is 13.1. The summed E-state index contributed by atoms with van der Waals surface area (Å²) in [5, 5.41) is 15.2. The molecule has 30 heavy (non-hydrogen) atoms. The maximum Gasteiger partial charge on any atom is 0.324 e. The highest BCUT2D eigenvalue weighted by atomic mass is 16.4. The van der Waals surface area contributed by atoms with Crippen LogP contribution in [0.1, 0.15) is 50.6 Å². The normalized spacial score (nSPS) is 32.0. The second kappa shape index (κ2) is 6.91. The molecule has 6 nitrogen and oxygen atoms in total. The fraction of sp³-hybridized carbons (Fsp3) is 0.458. The molecule has 0 spiro atoms. The van der Waals surface area contributed by atoms with Crippen LogP contribution >= 0.6 is 0 Å². The second-order valence-electron chi connectivity index (χ2n) is 9.04. The molecule has 4 unspecified atom stereocenters. The van der Waals surface area contributed by atoms with Gasteiger partial charge in [-0.1, -0.05) is 61.7 Å². The van der Waals surface area contributed by atoms with Crippen molar-refractivity contribution in [3.8, 4) is 0 Å². The Morgan fingerprint density at radius 2 is 1.73 bits per heavy atom. The van der Waals surface area contributed by atoms with Crippen molar-refractivity contribution in [3.63, 3.8) is 0 Å². The van der Waals surface area contributed by atoms with Crippen LogP contribution < -0.4 is 5.32 Å². The molecule has 156 valence electrons. The van der Waals surface area contributed by atoms with Crippen molar-refractivity contribution >= 4 is 28.6 Å². The Morgan fingerprint density at radius 1 is 1.03 bits per heavy atom. The first-order chi connectivity index (χ1) is 14.4. The topological polar surface area (TPSA) is 86.7 Å². The van der Waals surface area contributed by atoms with Gasteiger partial charge in [-0.05, 0) is 36.1 Å². The standard InChI is InChI=1S/C24H26N2O4/c1-24(23(29)30)19-18(21(27)26(22(19)28)15-10-3-2-4-11-15)20(25-24)17-13-7-9-14-8-5-6-12-16(14)17/h5-9,12-13,15,18-20,25H,2-4,10-11H2,1H3,(H,29,30). The third-order valence-corrected chi connectivity index (χ3v) is 7.36. The van der Waals surface area contributed by atoms with Crippen LogP contribution in [0.5, 0.6) is 0 Å². The Labute approximate surface area is 175 Å². The van der Waals surface area contributed by atoms with Crippen LogP contribution in [0, 0.1) is 11.8 Å².